The number of halogens is 3. The summed E-state index contributed by atoms with van der Waals surface area (Å²) in [7, 11) is 0. The van der Waals surface area contributed by atoms with Crippen LogP contribution in [0.1, 0.15) is 26.3 Å². The SMILES string of the molecule is CC(C)(C)OC(=O)NCC(=O)N[C@@H](Cc1cc(I)c(Oc2ccc(O)c(I)c2)c(I)c1)C(=O)O. The molecule has 2 aromatic rings. The van der Waals surface area contributed by atoms with Crippen LogP contribution >= 0.6 is 67.8 Å². The standard InChI is InChI=1S/C22H23I3N2O7/c1-22(2,3)34-21(32)26-10-18(29)27-16(20(30)31)8-11-6-14(24)19(15(25)7-11)33-12-4-5-17(28)13(23)9-12/h4-7,9,16,28H,8,10H2,1-3H3,(H,26,32)(H,27,29)(H,30,31)/t16-/m0/s1. The molecule has 0 unspecified atom stereocenters. The average molecular weight is 808 g/mol. The zero-order chi connectivity index (χ0) is 25.6. The molecule has 4 N–H and O–H groups in total. The second-order valence-corrected chi connectivity index (χ2v) is 11.6. The molecule has 0 saturated carbocycles. The number of carboxylic acids is 1. The Bertz CT molecular complexity index is 1060. The van der Waals surface area contributed by atoms with Gasteiger partial charge < -0.3 is 30.3 Å². The molecule has 9 nitrogen and oxygen atoms in total. The Morgan fingerprint density at radius 3 is 2.18 bits per heavy atom. The number of ether oxygens (including phenoxy) is 2. The van der Waals surface area contributed by atoms with Crippen LogP contribution in [0.15, 0.2) is 30.3 Å². The molecule has 2 amide bonds. The van der Waals surface area contributed by atoms with Crippen molar-refractivity contribution in [3.8, 4) is 17.2 Å². The summed E-state index contributed by atoms with van der Waals surface area (Å²) >= 11 is 6.20. The number of carboxylic acid groups (broad SMARTS) is 1. The van der Waals surface area contributed by atoms with Crippen molar-refractivity contribution in [1.82, 2.24) is 10.6 Å². The normalized spacial score (nSPS) is 11.9. The summed E-state index contributed by atoms with van der Waals surface area (Å²) in [4.78, 5) is 35.6. The molecule has 0 aliphatic carbocycles. The number of rotatable bonds is 8. The molecule has 0 aliphatic rings. The van der Waals surface area contributed by atoms with Crippen LogP contribution < -0.4 is 15.4 Å². The minimum atomic E-state index is -1.20. The van der Waals surface area contributed by atoms with Crippen molar-refractivity contribution < 1.29 is 34.1 Å². The number of phenols is 1. The van der Waals surface area contributed by atoms with Gasteiger partial charge in [-0.1, -0.05) is 0 Å². The molecule has 2 aromatic carbocycles. The fraction of sp³-hybridized carbons (Fsp3) is 0.318. The van der Waals surface area contributed by atoms with E-state index < -0.39 is 36.2 Å². The number of benzene rings is 2. The first-order valence-electron chi connectivity index (χ1n) is 9.88. The van der Waals surface area contributed by atoms with Crippen LogP contribution in [0, 0.1) is 10.7 Å². The van der Waals surface area contributed by atoms with Gasteiger partial charge in [0.1, 0.15) is 29.7 Å². The molecule has 1 atom stereocenters. The summed E-state index contributed by atoms with van der Waals surface area (Å²) in [5, 5.41) is 24.0. The van der Waals surface area contributed by atoms with E-state index in [1.165, 1.54) is 0 Å². The van der Waals surface area contributed by atoms with E-state index in [1.807, 2.05) is 22.6 Å². The van der Waals surface area contributed by atoms with Gasteiger partial charge in [-0.15, -0.1) is 0 Å². The number of aromatic hydroxyl groups is 1. The highest BCUT2D eigenvalue weighted by molar-refractivity contribution is 14.1. The Balaban J connectivity index is 2.06. The van der Waals surface area contributed by atoms with Gasteiger partial charge in [0.05, 0.1) is 10.7 Å². The second-order valence-electron chi connectivity index (χ2n) is 8.12. The maximum absolute atomic E-state index is 12.2. The topological polar surface area (TPSA) is 134 Å². The van der Waals surface area contributed by atoms with Gasteiger partial charge in [0.25, 0.3) is 0 Å². The van der Waals surface area contributed by atoms with Crippen molar-refractivity contribution in [1.29, 1.82) is 0 Å². The number of amides is 2. The molecule has 0 radical (unpaired) electrons. The quantitative estimate of drug-likeness (QED) is 0.286. The molecule has 184 valence electrons. The molecule has 0 saturated heterocycles. The van der Waals surface area contributed by atoms with Gasteiger partial charge in [-0.25, -0.2) is 9.59 Å². The lowest BCUT2D eigenvalue weighted by atomic mass is 10.1. The first kappa shape index (κ1) is 28.7. The highest BCUT2D eigenvalue weighted by atomic mass is 127. The number of alkyl carbamates (subject to hydrolysis) is 1. The maximum atomic E-state index is 12.2. The zero-order valence-corrected chi connectivity index (χ0v) is 24.9. The highest BCUT2D eigenvalue weighted by Crippen LogP contribution is 2.35. The van der Waals surface area contributed by atoms with Crippen LogP contribution in [0.5, 0.6) is 17.2 Å². The van der Waals surface area contributed by atoms with Gasteiger partial charge in [0.2, 0.25) is 5.91 Å². The third-order valence-corrected chi connectivity index (χ3v) is 6.53. The summed E-state index contributed by atoms with van der Waals surface area (Å²) in [6.45, 7) is 4.67. The van der Waals surface area contributed by atoms with Crippen LogP contribution in [0.25, 0.3) is 0 Å². The molecule has 34 heavy (non-hydrogen) atoms. The molecule has 0 aliphatic heterocycles. The van der Waals surface area contributed by atoms with E-state index in [2.05, 4.69) is 55.8 Å². The third kappa shape index (κ3) is 9.24. The van der Waals surface area contributed by atoms with Crippen LogP contribution in [0.3, 0.4) is 0 Å². The molecule has 0 fully saturated rings. The van der Waals surface area contributed by atoms with E-state index in [9.17, 15) is 24.6 Å². The number of carbonyl (C=O) groups is 3. The molecule has 0 aromatic heterocycles. The number of phenolic OH excluding ortho intramolecular Hbond substituents is 1. The van der Waals surface area contributed by atoms with E-state index in [0.29, 0.717) is 20.6 Å². The number of hydrogen-bond donors (Lipinski definition) is 4. The van der Waals surface area contributed by atoms with Gasteiger partial charge in [0, 0.05) is 6.42 Å². The minimum Gasteiger partial charge on any atom is -0.507 e. The van der Waals surface area contributed by atoms with Crippen LogP contribution in [0.2, 0.25) is 0 Å². The fourth-order valence-electron chi connectivity index (χ4n) is 2.64. The van der Waals surface area contributed by atoms with E-state index >= 15 is 0 Å². The molecule has 0 heterocycles. The van der Waals surface area contributed by atoms with Crippen molar-refractivity contribution in [2.24, 2.45) is 0 Å². The van der Waals surface area contributed by atoms with Crippen molar-refractivity contribution in [3.63, 3.8) is 0 Å². The van der Waals surface area contributed by atoms with Gasteiger partial charge >= 0.3 is 12.1 Å². The van der Waals surface area contributed by atoms with Crippen molar-refractivity contribution in [2.45, 2.75) is 38.8 Å². The lowest BCUT2D eigenvalue weighted by Gasteiger charge is -2.20. The monoisotopic (exact) mass is 808 g/mol. The van der Waals surface area contributed by atoms with E-state index in [4.69, 9.17) is 9.47 Å². The summed E-state index contributed by atoms with van der Waals surface area (Å²) in [6.07, 6.45) is -0.728. The smallest absolute Gasteiger partial charge is 0.408 e. The van der Waals surface area contributed by atoms with E-state index in [0.717, 1.165) is 7.14 Å². The predicted molar refractivity (Wildman–Crippen MR) is 150 cm³/mol. The number of aliphatic carboxylic acids is 1. The first-order valence-corrected chi connectivity index (χ1v) is 13.1. The van der Waals surface area contributed by atoms with Crippen molar-refractivity contribution >= 4 is 85.7 Å². The summed E-state index contributed by atoms with van der Waals surface area (Å²) in [6, 6.07) is 7.28. The van der Waals surface area contributed by atoms with E-state index in [-0.39, 0.29) is 12.2 Å². The van der Waals surface area contributed by atoms with Crippen LogP contribution in [-0.2, 0) is 20.7 Å². The fourth-order valence-corrected chi connectivity index (χ4v) is 5.25. The molecule has 0 bridgehead atoms. The maximum Gasteiger partial charge on any atom is 0.408 e. The minimum absolute atomic E-state index is 0.0386. The Morgan fingerprint density at radius 1 is 1.03 bits per heavy atom. The molecular formula is C22H23I3N2O7. The lowest BCUT2D eigenvalue weighted by molar-refractivity contribution is -0.141. The molecule has 2 rings (SSSR count). The van der Waals surface area contributed by atoms with Crippen molar-refractivity contribution in [3.05, 3.63) is 46.6 Å². The Morgan fingerprint density at radius 2 is 1.65 bits per heavy atom. The second kappa shape index (κ2) is 12.4. The predicted octanol–water partition coefficient (Wildman–Crippen LogP) is 4.63. The highest BCUT2D eigenvalue weighted by Gasteiger charge is 2.23. The molecule has 0 spiro atoms. The Hall–Kier alpha value is -1.56. The first-order chi connectivity index (χ1) is 15.7. The molecular weight excluding hydrogens is 785 g/mol. The lowest BCUT2D eigenvalue weighted by Crippen LogP contribution is -2.47. The van der Waals surface area contributed by atoms with Crippen LogP contribution in [0.4, 0.5) is 4.79 Å². The summed E-state index contributed by atoms with van der Waals surface area (Å²) in [5.41, 5.74) is -0.0241. The Kier molecular flexibility index (Phi) is 10.5. The van der Waals surface area contributed by atoms with Crippen molar-refractivity contribution in [2.75, 3.05) is 6.54 Å². The van der Waals surface area contributed by atoms with Crippen LogP contribution in [-0.4, -0.2) is 46.4 Å². The molecule has 12 heteroatoms. The third-order valence-electron chi connectivity index (χ3n) is 4.06. The van der Waals surface area contributed by atoms with Gasteiger partial charge in [0.15, 0.2) is 5.75 Å². The average Bonchev–Trinajstić information content (AvgIpc) is 2.70. The summed E-state index contributed by atoms with van der Waals surface area (Å²) < 4.78 is 13.2. The summed E-state index contributed by atoms with van der Waals surface area (Å²) in [5.74, 6) is -0.530. The van der Waals surface area contributed by atoms with Gasteiger partial charge in [-0.2, -0.15) is 0 Å². The van der Waals surface area contributed by atoms with Gasteiger partial charge in [-0.3, -0.25) is 4.79 Å². The Labute approximate surface area is 237 Å². The number of hydrogen-bond acceptors (Lipinski definition) is 6. The number of nitrogens with one attached hydrogen (secondary N) is 2. The van der Waals surface area contributed by atoms with E-state index in [1.54, 1.807) is 51.1 Å². The number of carbonyl (C=O) groups excluding carboxylic acids is 2. The van der Waals surface area contributed by atoms with Gasteiger partial charge in [-0.05, 0) is 124 Å². The zero-order valence-electron chi connectivity index (χ0n) is 18.4. The largest absolute Gasteiger partial charge is 0.507 e.